The van der Waals surface area contributed by atoms with Crippen molar-refractivity contribution in [3.63, 3.8) is 0 Å². The molecule has 0 spiro atoms. The molecule has 0 saturated carbocycles. The second-order valence-corrected chi connectivity index (χ2v) is 8.76. The molecule has 1 heterocycles. The van der Waals surface area contributed by atoms with Gasteiger partial charge in [0, 0.05) is 12.2 Å². The second kappa shape index (κ2) is 9.57. The van der Waals surface area contributed by atoms with Gasteiger partial charge < -0.3 is 15.4 Å². The molecule has 3 rings (SSSR count). The predicted molar refractivity (Wildman–Crippen MR) is 115 cm³/mol. The monoisotopic (exact) mass is 414 g/mol. The number of rotatable bonds is 8. The molecular weight excluding hydrogens is 392 g/mol. The van der Waals surface area contributed by atoms with Crippen molar-refractivity contribution >= 4 is 39.8 Å². The van der Waals surface area contributed by atoms with Gasteiger partial charge in [-0.25, -0.2) is 0 Å². The smallest absolute Gasteiger partial charge is 0.233 e. The number of amides is 1. The molecule has 1 aromatic heterocycles. The summed E-state index contributed by atoms with van der Waals surface area (Å²) in [5, 5.41) is 15.0. The fraction of sp³-hybridized carbons (Fsp3) is 0.250. The van der Waals surface area contributed by atoms with Crippen LogP contribution in [0.25, 0.3) is 0 Å². The first kappa shape index (κ1) is 20.2. The maximum absolute atomic E-state index is 12.4. The first-order valence-corrected chi connectivity index (χ1v) is 10.5. The number of ether oxygens (including phenoxy) is 1. The van der Waals surface area contributed by atoms with Crippen LogP contribution in [0.3, 0.4) is 0 Å². The number of benzene rings is 2. The Hall–Kier alpha value is -2.58. The largest absolute Gasteiger partial charge is 0.497 e. The van der Waals surface area contributed by atoms with E-state index in [1.807, 2.05) is 62.4 Å². The van der Waals surface area contributed by atoms with Gasteiger partial charge in [0.15, 0.2) is 4.34 Å². The topological polar surface area (TPSA) is 76.1 Å². The van der Waals surface area contributed by atoms with Crippen LogP contribution in [0.2, 0.25) is 0 Å². The van der Waals surface area contributed by atoms with E-state index in [1.54, 1.807) is 7.11 Å². The number of carbonyl (C=O) groups is 1. The second-order valence-electron chi connectivity index (χ2n) is 6.19. The molecule has 0 aliphatic carbocycles. The van der Waals surface area contributed by atoms with Crippen molar-refractivity contribution in [2.45, 2.75) is 30.0 Å². The van der Waals surface area contributed by atoms with Crippen LogP contribution >= 0.6 is 23.1 Å². The van der Waals surface area contributed by atoms with Crippen molar-refractivity contribution < 1.29 is 9.53 Å². The van der Waals surface area contributed by atoms with E-state index in [2.05, 4.69) is 20.8 Å². The zero-order valence-electron chi connectivity index (χ0n) is 15.9. The Bertz CT molecular complexity index is 928. The van der Waals surface area contributed by atoms with Crippen molar-refractivity contribution in [1.29, 1.82) is 0 Å². The van der Waals surface area contributed by atoms with Gasteiger partial charge in [0.2, 0.25) is 11.0 Å². The van der Waals surface area contributed by atoms with E-state index < -0.39 is 0 Å². The van der Waals surface area contributed by atoms with Crippen LogP contribution in [-0.4, -0.2) is 28.5 Å². The van der Waals surface area contributed by atoms with Crippen molar-refractivity contribution in [2.24, 2.45) is 0 Å². The molecule has 8 heteroatoms. The van der Waals surface area contributed by atoms with Crippen molar-refractivity contribution in [3.8, 4) is 5.75 Å². The quantitative estimate of drug-likeness (QED) is 0.532. The summed E-state index contributed by atoms with van der Waals surface area (Å²) in [5.41, 5.74) is 3.16. The van der Waals surface area contributed by atoms with Gasteiger partial charge in [-0.05, 0) is 49.2 Å². The molecular formula is C20H22N4O2S2. The Morgan fingerprint density at radius 2 is 2.00 bits per heavy atom. The molecule has 0 unspecified atom stereocenters. The molecule has 28 heavy (non-hydrogen) atoms. The van der Waals surface area contributed by atoms with E-state index in [0.29, 0.717) is 11.7 Å². The first-order valence-electron chi connectivity index (χ1n) is 8.78. The van der Waals surface area contributed by atoms with Crippen LogP contribution in [0.1, 0.15) is 18.1 Å². The van der Waals surface area contributed by atoms with E-state index >= 15 is 0 Å². The highest BCUT2D eigenvalue weighted by Crippen LogP contribution is 2.30. The highest BCUT2D eigenvalue weighted by molar-refractivity contribution is 8.02. The zero-order valence-corrected chi connectivity index (χ0v) is 17.6. The molecule has 1 amide bonds. The number of nitrogens with one attached hydrogen (secondary N) is 2. The van der Waals surface area contributed by atoms with E-state index in [1.165, 1.54) is 28.7 Å². The molecule has 3 aromatic rings. The lowest BCUT2D eigenvalue weighted by Crippen LogP contribution is -2.30. The third kappa shape index (κ3) is 5.71. The molecule has 6 nitrogen and oxygen atoms in total. The minimum Gasteiger partial charge on any atom is -0.497 e. The maximum atomic E-state index is 12.4. The summed E-state index contributed by atoms with van der Waals surface area (Å²) in [5.74, 6) is 0.759. The molecule has 0 bridgehead atoms. The molecule has 1 atom stereocenters. The normalized spacial score (nSPS) is 11.7. The SMILES string of the molecule is COc1ccc(CNC(=O)[C@H](C)Sc2nnc(Nc3cccc(C)c3)s2)cc1. The Morgan fingerprint density at radius 3 is 2.71 bits per heavy atom. The number of aromatic nitrogens is 2. The minimum atomic E-state index is -0.266. The number of methoxy groups -OCH3 is 1. The number of nitrogens with zero attached hydrogens (tertiary/aromatic N) is 2. The van der Waals surface area contributed by atoms with Crippen molar-refractivity contribution in [1.82, 2.24) is 15.5 Å². The summed E-state index contributed by atoms with van der Waals surface area (Å²) in [6.45, 7) is 4.38. The Labute approximate surface area is 172 Å². The molecule has 146 valence electrons. The molecule has 0 radical (unpaired) electrons. The van der Waals surface area contributed by atoms with Crippen LogP contribution in [0, 0.1) is 6.92 Å². The number of hydrogen-bond acceptors (Lipinski definition) is 7. The van der Waals surface area contributed by atoms with Gasteiger partial charge in [-0.1, -0.05) is 47.4 Å². The summed E-state index contributed by atoms with van der Waals surface area (Å²) < 4.78 is 5.89. The molecule has 0 aliphatic rings. The van der Waals surface area contributed by atoms with E-state index in [4.69, 9.17) is 4.74 Å². The Balaban J connectivity index is 1.50. The summed E-state index contributed by atoms with van der Waals surface area (Å²) in [4.78, 5) is 12.4. The first-order chi connectivity index (χ1) is 13.5. The molecule has 2 aromatic carbocycles. The lowest BCUT2D eigenvalue weighted by molar-refractivity contribution is -0.120. The number of thioether (sulfide) groups is 1. The van der Waals surface area contributed by atoms with Gasteiger partial charge in [-0.2, -0.15) is 0 Å². The van der Waals surface area contributed by atoms with E-state index in [9.17, 15) is 4.79 Å². The average Bonchev–Trinajstić information content (AvgIpc) is 3.13. The van der Waals surface area contributed by atoms with Gasteiger partial charge in [0.25, 0.3) is 0 Å². The molecule has 0 aliphatic heterocycles. The van der Waals surface area contributed by atoms with Gasteiger partial charge in [-0.3, -0.25) is 4.79 Å². The lowest BCUT2D eigenvalue weighted by Gasteiger charge is -2.10. The minimum absolute atomic E-state index is 0.0378. The molecule has 0 saturated heterocycles. The lowest BCUT2D eigenvalue weighted by atomic mass is 10.2. The van der Waals surface area contributed by atoms with E-state index in [-0.39, 0.29) is 11.2 Å². The van der Waals surface area contributed by atoms with Crippen molar-refractivity contribution in [2.75, 3.05) is 12.4 Å². The highest BCUT2D eigenvalue weighted by Gasteiger charge is 2.17. The fourth-order valence-electron chi connectivity index (χ4n) is 2.44. The van der Waals surface area contributed by atoms with Crippen LogP contribution in [0.4, 0.5) is 10.8 Å². The van der Waals surface area contributed by atoms with Gasteiger partial charge >= 0.3 is 0 Å². The summed E-state index contributed by atoms with van der Waals surface area (Å²) >= 11 is 2.83. The number of carbonyl (C=O) groups excluding carboxylic acids is 1. The van der Waals surface area contributed by atoms with Crippen LogP contribution < -0.4 is 15.4 Å². The number of hydrogen-bond donors (Lipinski definition) is 2. The van der Waals surface area contributed by atoms with Crippen LogP contribution in [-0.2, 0) is 11.3 Å². The van der Waals surface area contributed by atoms with Crippen molar-refractivity contribution in [3.05, 3.63) is 59.7 Å². The zero-order chi connectivity index (χ0) is 19.9. The Morgan fingerprint density at radius 1 is 1.21 bits per heavy atom. The third-order valence-electron chi connectivity index (χ3n) is 3.95. The summed E-state index contributed by atoms with van der Waals surface area (Å²) in [6, 6.07) is 15.7. The standard InChI is InChI=1S/C20H22N4O2S2/c1-13-5-4-6-16(11-13)22-19-23-24-20(28-19)27-14(2)18(25)21-12-15-7-9-17(26-3)10-8-15/h4-11,14H,12H2,1-3H3,(H,21,25)(H,22,23)/t14-/m0/s1. The van der Waals surface area contributed by atoms with Gasteiger partial charge in [-0.15, -0.1) is 10.2 Å². The molecule has 2 N–H and O–H groups in total. The predicted octanol–water partition coefficient (Wildman–Crippen LogP) is 4.40. The van der Waals surface area contributed by atoms with Gasteiger partial charge in [0.1, 0.15) is 5.75 Å². The maximum Gasteiger partial charge on any atom is 0.233 e. The van der Waals surface area contributed by atoms with E-state index in [0.717, 1.165) is 21.3 Å². The van der Waals surface area contributed by atoms with Crippen LogP contribution in [0.5, 0.6) is 5.75 Å². The Kier molecular flexibility index (Phi) is 6.89. The summed E-state index contributed by atoms with van der Waals surface area (Å²) in [7, 11) is 1.63. The fourth-order valence-corrected chi connectivity index (χ4v) is 4.38. The third-order valence-corrected chi connectivity index (χ3v) is 5.97. The number of aryl methyl sites for hydroxylation is 1. The van der Waals surface area contributed by atoms with Crippen LogP contribution in [0.15, 0.2) is 52.9 Å². The highest BCUT2D eigenvalue weighted by atomic mass is 32.2. The summed E-state index contributed by atoms with van der Waals surface area (Å²) in [6.07, 6.45) is 0. The number of anilines is 2. The average molecular weight is 415 g/mol. The molecule has 0 fully saturated rings. The van der Waals surface area contributed by atoms with Gasteiger partial charge in [0.05, 0.1) is 12.4 Å².